The lowest BCUT2D eigenvalue weighted by Crippen LogP contribution is -2.29. The minimum Gasteiger partial charge on any atom is -0.337 e. The Morgan fingerprint density at radius 3 is 2.73 bits per heavy atom. The van der Waals surface area contributed by atoms with E-state index in [4.69, 9.17) is 0 Å². The van der Waals surface area contributed by atoms with Crippen molar-refractivity contribution in [2.24, 2.45) is 0 Å². The Morgan fingerprint density at radius 1 is 1.05 bits per heavy atom. The van der Waals surface area contributed by atoms with E-state index in [1.165, 1.54) is 5.56 Å². The van der Waals surface area contributed by atoms with Gasteiger partial charge in [-0.15, -0.1) is 0 Å². The molecule has 0 unspecified atom stereocenters. The monoisotopic (exact) mass is 294 g/mol. The molecule has 5 heteroatoms. The molecule has 22 heavy (non-hydrogen) atoms. The highest BCUT2D eigenvalue weighted by Crippen LogP contribution is 2.32. The van der Waals surface area contributed by atoms with Gasteiger partial charge in [-0.25, -0.2) is 9.97 Å². The van der Waals surface area contributed by atoms with E-state index in [-0.39, 0.29) is 5.91 Å². The van der Waals surface area contributed by atoms with Gasteiger partial charge in [0.05, 0.1) is 0 Å². The number of aromatic nitrogens is 2. The highest BCUT2D eigenvalue weighted by atomic mass is 16.2. The molecule has 0 atom stereocenters. The van der Waals surface area contributed by atoms with Gasteiger partial charge in [-0.2, -0.15) is 0 Å². The van der Waals surface area contributed by atoms with E-state index in [9.17, 15) is 4.79 Å². The largest absolute Gasteiger partial charge is 0.337 e. The lowest BCUT2D eigenvalue weighted by molar-refractivity contribution is 0.0787. The molecule has 5 nitrogen and oxygen atoms in total. The van der Waals surface area contributed by atoms with Crippen molar-refractivity contribution in [3.05, 3.63) is 47.8 Å². The average molecular weight is 294 g/mol. The zero-order valence-electron chi connectivity index (χ0n) is 12.4. The predicted octanol–water partition coefficient (Wildman–Crippen LogP) is 2.41. The fourth-order valence-corrected chi connectivity index (χ4v) is 3.23. The molecule has 2 aliphatic rings. The second kappa shape index (κ2) is 5.40. The number of nitrogens with zero attached hydrogens (tertiary/aromatic N) is 4. The molecule has 4 rings (SSSR count). The molecule has 1 amide bonds. The van der Waals surface area contributed by atoms with E-state index in [0.717, 1.165) is 44.6 Å². The molecular formula is C17H18N4O. The number of hydrogen-bond donors (Lipinski definition) is 0. The molecule has 0 aliphatic carbocycles. The molecule has 2 aromatic rings. The van der Waals surface area contributed by atoms with Gasteiger partial charge in [0.15, 0.2) is 0 Å². The van der Waals surface area contributed by atoms with Gasteiger partial charge in [0.2, 0.25) is 5.95 Å². The summed E-state index contributed by atoms with van der Waals surface area (Å²) in [7, 11) is 0. The van der Waals surface area contributed by atoms with Crippen LogP contribution in [0.1, 0.15) is 28.9 Å². The summed E-state index contributed by atoms with van der Waals surface area (Å²) < 4.78 is 0. The van der Waals surface area contributed by atoms with Crippen molar-refractivity contribution in [2.75, 3.05) is 24.5 Å². The lowest BCUT2D eigenvalue weighted by atomic mass is 10.2. The SMILES string of the molecule is O=C(c1ccnc(N2CCc3ccccc32)n1)N1CCCC1. The van der Waals surface area contributed by atoms with E-state index in [2.05, 4.69) is 33.1 Å². The normalized spacial score (nSPS) is 16.9. The maximum absolute atomic E-state index is 12.5. The molecule has 0 N–H and O–H groups in total. The van der Waals surface area contributed by atoms with Crippen molar-refractivity contribution in [2.45, 2.75) is 19.3 Å². The van der Waals surface area contributed by atoms with Crippen LogP contribution in [0.4, 0.5) is 11.6 Å². The summed E-state index contributed by atoms with van der Waals surface area (Å²) in [6, 6.07) is 10.0. The van der Waals surface area contributed by atoms with Crippen molar-refractivity contribution < 1.29 is 4.79 Å². The van der Waals surface area contributed by atoms with Crippen LogP contribution in [0, 0.1) is 0 Å². The molecule has 1 aromatic carbocycles. The Morgan fingerprint density at radius 2 is 1.86 bits per heavy atom. The maximum Gasteiger partial charge on any atom is 0.272 e. The van der Waals surface area contributed by atoms with Crippen molar-refractivity contribution in [1.29, 1.82) is 0 Å². The lowest BCUT2D eigenvalue weighted by Gasteiger charge is -2.19. The standard InChI is InChI=1S/C17H18N4O/c22-16(20-10-3-4-11-20)14-7-9-18-17(19-14)21-12-8-13-5-1-2-6-15(13)21/h1-2,5-7,9H,3-4,8,10-12H2. The van der Waals surface area contributed by atoms with Gasteiger partial charge in [-0.1, -0.05) is 18.2 Å². The molecule has 112 valence electrons. The summed E-state index contributed by atoms with van der Waals surface area (Å²) in [6.07, 6.45) is 4.85. The minimum atomic E-state index is 0.0219. The highest BCUT2D eigenvalue weighted by molar-refractivity contribution is 5.92. The van der Waals surface area contributed by atoms with Crippen molar-refractivity contribution in [3.8, 4) is 0 Å². The van der Waals surface area contributed by atoms with Gasteiger partial charge < -0.3 is 9.80 Å². The second-order valence-electron chi connectivity index (χ2n) is 5.77. The third-order valence-electron chi connectivity index (χ3n) is 4.38. The summed E-state index contributed by atoms with van der Waals surface area (Å²) in [6.45, 7) is 2.54. The van der Waals surface area contributed by atoms with Crippen LogP contribution in [0.25, 0.3) is 0 Å². The number of anilines is 2. The molecule has 1 aromatic heterocycles. The van der Waals surface area contributed by atoms with Crippen molar-refractivity contribution in [1.82, 2.24) is 14.9 Å². The van der Waals surface area contributed by atoms with Gasteiger partial charge >= 0.3 is 0 Å². The first-order valence-electron chi connectivity index (χ1n) is 7.81. The van der Waals surface area contributed by atoms with Crippen molar-refractivity contribution in [3.63, 3.8) is 0 Å². The van der Waals surface area contributed by atoms with Gasteiger partial charge in [0.1, 0.15) is 5.69 Å². The molecule has 3 heterocycles. The van der Waals surface area contributed by atoms with E-state index < -0.39 is 0 Å². The summed E-state index contributed by atoms with van der Waals surface area (Å²) >= 11 is 0. The van der Waals surface area contributed by atoms with Crippen LogP contribution in [0.2, 0.25) is 0 Å². The summed E-state index contributed by atoms with van der Waals surface area (Å²) in [5.74, 6) is 0.642. The zero-order valence-corrected chi connectivity index (χ0v) is 12.4. The third-order valence-corrected chi connectivity index (χ3v) is 4.38. The van der Waals surface area contributed by atoms with Crippen LogP contribution in [-0.4, -0.2) is 40.4 Å². The molecule has 0 bridgehead atoms. The Kier molecular flexibility index (Phi) is 3.25. The molecule has 0 radical (unpaired) electrons. The van der Waals surface area contributed by atoms with Crippen LogP contribution in [0.15, 0.2) is 36.5 Å². The summed E-state index contributed by atoms with van der Waals surface area (Å²) in [5, 5.41) is 0. The number of fused-ring (bicyclic) bond motifs is 1. The Hall–Kier alpha value is -2.43. The smallest absolute Gasteiger partial charge is 0.272 e. The van der Waals surface area contributed by atoms with Crippen LogP contribution < -0.4 is 4.90 Å². The van der Waals surface area contributed by atoms with E-state index >= 15 is 0 Å². The fourth-order valence-electron chi connectivity index (χ4n) is 3.23. The Balaban J connectivity index is 1.64. The number of likely N-dealkylation sites (tertiary alicyclic amines) is 1. The van der Waals surface area contributed by atoms with Crippen LogP contribution in [0.5, 0.6) is 0 Å². The van der Waals surface area contributed by atoms with E-state index in [0.29, 0.717) is 11.6 Å². The molecular weight excluding hydrogens is 276 g/mol. The number of carbonyl (C=O) groups is 1. The summed E-state index contributed by atoms with van der Waals surface area (Å²) in [5.41, 5.74) is 2.95. The van der Waals surface area contributed by atoms with Gasteiger partial charge in [-0.3, -0.25) is 4.79 Å². The quantitative estimate of drug-likeness (QED) is 0.853. The zero-order chi connectivity index (χ0) is 14.9. The number of rotatable bonds is 2. The molecule has 0 spiro atoms. The first-order chi connectivity index (χ1) is 10.8. The van der Waals surface area contributed by atoms with Crippen LogP contribution >= 0.6 is 0 Å². The number of hydrogen-bond acceptors (Lipinski definition) is 4. The number of para-hydroxylation sites is 1. The molecule has 1 fully saturated rings. The first kappa shape index (κ1) is 13.2. The number of benzene rings is 1. The van der Waals surface area contributed by atoms with Crippen LogP contribution in [-0.2, 0) is 6.42 Å². The Labute approximate surface area is 129 Å². The fraction of sp³-hybridized carbons (Fsp3) is 0.353. The van der Waals surface area contributed by atoms with Gasteiger partial charge in [0.25, 0.3) is 5.91 Å². The van der Waals surface area contributed by atoms with Gasteiger partial charge in [-0.05, 0) is 37.0 Å². The summed E-state index contributed by atoms with van der Waals surface area (Å²) in [4.78, 5) is 25.3. The van der Waals surface area contributed by atoms with Crippen molar-refractivity contribution >= 4 is 17.5 Å². The Bertz CT molecular complexity index is 709. The topological polar surface area (TPSA) is 49.3 Å². The van der Waals surface area contributed by atoms with E-state index in [1.54, 1.807) is 12.3 Å². The molecule has 1 saturated heterocycles. The maximum atomic E-state index is 12.5. The van der Waals surface area contributed by atoms with Crippen LogP contribution in [0.3, 0.4) is 0 Å². The highest BCUT2D eigenvalue weighted by Gasteiger charge is 2.24. The van der Waals surface area contributed by atoms with E-state index in [1.807, 2.05) is 11.0 Å². The number of carbonyl (C=O) groups excluding carboxylic acids is 1. The second-order valence-corrected chi connectivity index (χ2v) is 5.77. The predicted molar refractivity (Wildman–Crippen MR) is 84.3 cm³/mol. The minimum absolute atomic E-state index is 0.0219. The molecule has 2 aliphatic heterocycles. The first-order valence-corrected chi connectivity index (χ1v) is 7.81. The number of amides is 1. The van der Waals surface area contributed by atoms with Gasteiger partial charge in [0, 0.05) is 31.5 Å². The molecule has 0 saturated carbocycles. The third kappa shape index (κ3) is 2.22. The average Bonchev–Trinajstić information content (AvgIpc) is 3.24.